The Hall–Kier alpha value is -1.55. The minimum Gasteiger partial charge on any atom is -0.481 e. The van der Waals surface area contributed by atoms with Crippen molar-refractivity contribution >= 4 is 28.5 Å². The quantitative estimate of drug-likeness (QED) is 0.893. The number of benzene rings is 1. The lowest BCUT2D eigenvalue weighted by Crippen LogP contribution is -2.00. The van der Waals surface area contributed by atoms with Crippen molar-refractivity contribution < 1.29 is 9.90 Å². The number of nitrogens with zero attached hydrogens (tertiary/aromatic N) is 2. The summed E-state index contributed by atoms with van der Waals surface area (Å²) in [6.07, 6.45) is 0.00355. The maximum absolute atomic E-state index is 10.6. The molecule has 0 aliphatic rings. The molecule has 1 aromatic carbocycles. The molecule has 0 aliphatic heterocycles. The Morgan fingerprint density at radius 2 is 2.31 bits per heavy atom. The summed E-state index contributed by atoms with van der Waals surface area (Å²) in [6, 6.07) is 5.43. The van der Waals surface area contributed by atoms with E-state index in [1.807, 2.05) is 13.0 Å². The van der Waals surface area contributed by atoms with Gasteiger partial charge in [0, 0.05) is 11.9 Å². The molecule has 5 heteroatoms. The van der Waals surface area contributed by atoms with Gasteiger partial charge in [-0.2, -0.15) is 5.10 Å². The number of aliphatic carboxylic acids is 1. The summed E-state index contributed by atoms with van der Waals surface area (Å²) >= 11 is 5.99. The third-order valence-corrected chi connectivity index (χ3v) is 2.70. The van der Waals surface area contributed by atoms with Gasteiger partial charge in [0.15, 0.2) is 5.15 Å². The Labute approximate surface area is 97.4 Å². The topological polar surface area (TPSA) is 55.1 Å². The molecule has 2 rings (SSSR count). The van der Waals surface area contributed by atoms with Crippen LogP contribution in [0.25, 0.3) is 10.9 Å². The maximum Gasteiger partial charge on any atom is 0.307 e. The van der Waals surface area contributed by atoms with Gasteiger partial charge in [-0.1, -0.05) is 17.7 Å². The van der Waals surface area contributed by atoms with E-state index in [2.05, 4.69) is 5.10 Å². The molecule has 1 N–H and O–H groups in total. The Bertz CT molecular complexity index is 548. The average Bonchev–Trinajstić information content (AvgIpc) is 2.55. The summed E-state index contributed by atoms with van der Waals surface area (Å²) in [4.78, 5) is 10.6. The summed E-state index contributed by atoms with van der Waals surface area (Å²) in [5.74, 6) is -0.849. The zero-order valence-electron chi connectivity index (χ0n) is 8.77. The van der Waals surface area contributed by atoms with Gasteiger partial charge in [0.2, 0.25) is 0 Å². The molecule has 0 spiro atoms. The molecule has 4 nitrogen and oxygen atoms in total. The molecule has 0 saturated carbocycles. The molecule has 0 unspecified atom stereocenters. The van der Waals surface area contributed by atoms with Crippen LogP contribution in [0.3, 0.4) is 0 Å². The lowest BCUT2D eigenvalue weighted by atomic mass is 10.1. The largest absolute Gasteiger partial charge is 0.481 e. The van der Waals surface area contributed by atoms with Crippen molar-refractivity contribution in [2.75, 3.05) is 0 Å². The van der Waals surface area contributed by atoms with Gasteiger partial charge < -0.3 is 5.11 Å². The Kier molecular flexibility index (Phi) is 2.83. The molecule has 1 heterocycles. The van der Waals surface area contributed by atoms with E-state index in [-0.39, 0.29) is 6.42 Å². The highest BCUT2D eigenvalue weighted by atomic mass is 35.5. The minimum absolute atomic E-state index is 0.00355. The van der Waals surface area contributed by atoms with E-state index < -0.39 is 5.97 Å². The Morgan fingerprint density at radius 3 is 2.94 bits per heavy atom. The summed E-state index contributed by atoms with van der Waals surface area (Å²) in [5, 5.41) is 14.1. The zero-order valence-corrected chi connectivity index (χ0v) is 9.53. The van der Waals surface area contributed by atoms with Crippen LogP contribution in [0.5, 0.6) is 0 Å². The normalized spacial score (nSPS) is 10.9. The molecule has 16 heavy (non-hydrogen) atoms. The highest BCUT2D eigenvalue weighted by molar-refractivity contribution is 6.34. The van der Waals surface area contributed by atoms with Crippen LogP contribution in [0.15, 0.2) is 18.2 Å². The van der Waals surface area contributed by atoms with Crippen LogP contribution >= 0.6 is 11.6 Å². The fraction of sp³-hybridized carbons (Fsp3) is 0.273. The van der Waals surface area contributed by atoms with Crippen molar-refractivity contribution in [1.82, 2.24) is 9.78 Å². The van der Waals surface area contributed by atoms with Crippen LogP contribution in [0, 0.1) is 0 Å². The van der Waals surface area contributed by atoms with Crippen molar-refractivity contribution in [2.24, 2.45) is 0 Å². The first-order chi connectivity index (χ1) is 7.61. The number of fused-ring (bicyclic) bond motifs is 1. The number of halogens is 1. The van der Waals surface area contributed by atoms with Crippen molar-refractivity contribution in [2.45, 2.75) is 19.9 Å². The zero-order chi connectivity index (χ0) is 11.7. The highest BCUT2D eigenvalue weighted by Crippen LogP contribution is 2.24. The number of hydrogen-bond donors (Lipinski definition) is 1. The lowest BCUT2D eigenvalue weighted by Gasteiger charge is -2.00. The predicted molar refractivity (Wildman–Crippen MR) is 61.8 cm³/mol. The van der Waals surface area contributed by atoms with Gasteiger partial charge in [-0.3, -0.25) is 9.48 Å². The molecule has 0 radical (unpaired) electrons. The second-order valence-electron chi connectivity index (χ2n) is 3.53. The van der Waals surface area contributed by atoms with Crippen LogP contribution < -0.4 is 0 Å². The molecule has 0 aliphatic carbocycles. The minimum atomic E-state index is -0.849. The molecule has 84 valence electrons. The number of aryl methyl sites for hydroxylation is 1. The van der Waals surface area contributed by atoms with Gasteiger partial charge in [-0.25, -0.2) is 0 Å². The van der Waals surface area contributed by atoms with E-state index >= 15 is 0 Å². The third-order valence-electron chi connectivity index (χ3n) is 2.42. The third kappa shape index (κ3) is 1.88. The van der Waals surface area contributed by atoms with Crippen LogP contribution in [0.1, 0.15) is 12.5 Å². The number of carbonyl (C=O) groups is 1. The number of hydrogen-bond acceptors (Lipinski definition) is 2. The van der Waals surface area contributed by atoms with E-state index in [0.717, 1.165) is 23.0 Å². The van der Waals surface area contributed by atoms with Crippen LogP contribution in [-0.4, -0.2) is 20.9 Å². The van der Waals surface area contributed by atoms with E-state index in [1.165, 1.54) is 0 Å². The summed E-state index contributed by atoms with van der Waals surface area (Å²) in [7, 11) is 0. The van der Waals surface area contributed by atoms with Crippen LogP contribution in [-0.2, 0) is 17.8 Å². The summed E-state index contributed by atoms with van der Waals surface area (Å²) in [5.41, 5.74) is 1.67. The second-order valence-corrected chi connectivity index (χ2v) is 3.89. The van der Waals surface area contributed by atoms with Gasteiger partial charge in [-0.15, -0.1) is 0 Å². The molecule has 2 aromatic rings. The molecule has 0 fully saturated rings. The highest BCUT2D eigenvalue weighted by Gasteiger charge is 2.09. The Balaban J connectivity index is 2.53. The smallest absolute Gasteiger partial charge is 0.307 e. The molecule has 0 atom stereocenters. The number of aromatic nitrogens is 2. The summed E-state index contributed by atoms with van der Waals surface area (Å²) in [6.45, 7) is 2.72. The monoisotopic (exact) mass is 238 g/mol. The van der Waals surface area contributed by atoms with E-state index in [1.54, 1.807) is 16.8 Å². The molecule has 1 aromatic heterocycles. The van der Waals surface area contributed by atoms with Crippen molar-refractivity contribution in [3.63, 3.8) is 0 Å². The molecular weight excluding hydrogens is 228 g/mol. The van der Waals surface area contributed by atoms with Crippen molar-refractivity contribution in [3.8, 4) is 0 Å². The predicted octanol–water partition coefficient (Wildman–Crippen LogP) is 2.34. The maximum atomic E-state index is 10.6. The average molecular weight is 239 g/mol. The van der Waals surface area contributed by atoms with Crippen LogP contribution in [0.4, 0.5) is 0 Å². The van der Waals surface area contributed by atoms with Crippen LogP contribution in [0.2, 0.25) is 5.15 Å². The number of carboxylic acids is 1. The fourth-order valence-corrected chi connectivity index (χ4v) is 1.96. The van der Waals surface area contributed by atoms with E-state index in [0.29, 0.717) is 5.15 Å². The first-order valence-corrected chi connectivity index (χ1v) is 5.36. The van der Waals surface area contributed by atoms with E-state index in [4.69, 9.17) is 16.7 Å². The van der Waals surface area contributed by atoms with Gasteiger partial charge in [-0.05, 0) is 24.6 Å². The van der Waals surface area contributed by atoms with Gasteiger partial charge in [0.25, 0.3) is 0 Å². The van der Waals surface area contributed by atoms with E-state index in [9.17, 15) is 4.79 Å². The molecule has 0 bridgehead atoms. The lowest BCUT2D eigenvalue weighted by molar-refractivity contribution is -0.136. The second kappa shape index (κ2) is 4.14. The molecular formula is C11H11ClN2O2. The standard InChI is InChI=1S/C11H11ClN2O2/c1-2-14-9-4-3-7(6-10(15)16)5-8(9)11(12)13-14/h3-5H,2,6H2,1H3,(H,15,16). The van der Waals surface area contributed by atoms with Gasteiger partial charge >= 0.3 is 5.97 Å². The van der Waals surface area contributed by atoms with Crippen molar-refractivity contribution in [3.05, 3.63) is 28.9 Å². The molecule has 0 saturated heterocycles. The Morgan fingerprint density at radius 1 is 1.56 bits per heavy atom. The SMILES string of the molecule is CCn1nc(Cl)c2cc(CC(=O)O)ccc21. The molecule has 0 amide bonds. The number of carboxylic acid groups (broad SMARTS) is 1. The number of rotatable bonds is 3. The first-order valence-electron chi connectivity index (χ1n) is 4.98. The first kappa shape index (κ1) is 11.0. The van der Waals surface area contributed by atoms with Gasteiger partial charge in [0.1, 0.15) is 0 Å². The van der Waals surface area contributed by atoms with Crippen molar-refractivity contribution in [1.29, 1.82) is 0 Å². The summed E-state index contributed by atoms with van der Waals surface area (Å²) < 4.78 is 1.79. The fourth-order valence-electron chi connectivity index (χ4n) is 1.71. The van der Waals surface area contributed by atoms with Gasteiger partial charge in [0.05, 0.1) is 11.9 Å².